The molecule has 6 atom stereocenters. The van der Waals surface area contributed by atoms with Crippen LogP contribution in [0.5, 0.6) is 0 Å². The van der Waals surface area contributed by atoms with Crippen LogP contribution in [0.2, 0.25) is 0 Å². The van der Waals surface area contributed by atoms with E-state index in [4.69, 9.17) is 16.2 Å². The topological polar surface area (TPSA) is 130 Å². The first-order valence-corrected chi connectivity index (χ1v) is 12.8. The van der Waals surface area contributed by atoms with E-state index in [1.165, 1.54) is 6.21 Å². The minimum atomic E-state index is -0.957. The molecular formula is C26H42FN7O2. The Hall–Kier alpha value is -2.56. The van der Waals surface area contributed by atoms with Gasteiger partial charge in [-0.1, -0.05) is 26.3 Å². The number of nitrogens with two attached hydrogens (primary N) is 2. The van der Waals surface area contributed by atoms with Gasteiger partial charge >= 0.3 is 0 Å². The van der Waals surface area contributed by atoms with Crippen LogP contribution in [-0.2, 0) is 9.53 Å². The molecule has 36 heavy (non-hydrogen) atoms. The van der Waals surface area contributed by atoms with Gasteiger partial charge in [0, 0.05) is 31.9 Å². The number of dihydropyridines is 1. The zero-order valence-electron chi connectivity index (χ0n) is 21.9. The van der Waals surface area contributed by atoms with Gasteiger partial charge in [0.1, 0.15) is 23.7 Å². The molecule has 0 saturated carbocycles. The number of nitrogens with one attached hydrogen (secondary N) is 2. The molecule has 0 aromatic heterocycles. The number of halogens is 1. The number of hydrogen-bond acceptors (Lipinski definition) is 8. The average Bonchev–Trinajstić information content (AvgIpc) is 2.82. The quantitative estimate of drug-likeness (QED) is 0.354. The molecule has 9 nitrogen and oxygen atoms in total. The second kappa shape index (κ2) is 12.6. The summed E-state index contributed by atoms with van der Waals surface area (Å²) in [5, 5.41) is 6.36. The van der Waals surface area contributed by atoms with E-state index < -0.39 is 30.0 Å². The van der Waals surface area contributed by atoms with Crippen molar-refractivity contribution >= 4 is 18.3 Å². The van der Waals surface area contributed by atoms with Gasteiger partial charge in [-0.05, 0) is 44.5 Å². The predicted molar refractivity (Wildman–Crippen MR) is 142 cm³/mol. The summed E-state index contributed by atoms with van der Waals surface area (Å²) < 4.78 is 20.4. The monoisotopic (exact) mass is 503 g/mol. The van der Waals surface area contributed by atoms with Crippen LogP contribution in [0.25, 0.3) is 0 Å². The van der Waals surface area contributed by atoms with Crippen LogP contribution < -0.4 is 22.1 Å². The third-order valence-electron chi connectivity index (χ3n) is 7.17. The van der Waals surface area contributed by atoms with E-state index in [1.54, 1.807) is 12.3 Å². The molecule has 3 rings (SSSR count). The van der Waals surface area contributed by atoms with Crippen LogP contribution in [0.4, 0.5) is 4.39 Å². The number of nitrogens with zero attached hydrogens (tertiary/aromatic N) is 3. The minimum absolute atomic E-state index is 0.209. The van der Waals surface area contributed by atoms with Gasteiger partial charge in [0.15, 0.2) is 0 Å². The molecule has 0 saturated heterocycles. The molecule has 10 heteroatoms. The normalized spacial score (nSPS) is 33.6. The number of aliphatic imine (C=N–C) groups is 2. The van der Waals surface area contributed by atoms with Crippen molar-refractivity contribution in [3.05, 3.63) is 36.0 Å². The molecule has 6 N–H and O–H groups in total. The lowest BCUT2D eigenvalue weighted by molar-refractivity contribution is -0.127. The second-order valence-corrected chi connectivity index (χ2v) is 10.6. The summed E-state index contributed by atoms with van der Waals surface area (Å²) >= 11 is 0. The van der Waals surface area contributed by atoms with Gasteiger partial charge in [-0.2, -0.15) is 0 Å². The first-order valence-electron chi connectivity index (χ1n) is 12.8. The summed E-state index contributed by atoms with van der Waals surface area (Å²) in [4.78, 5) is 24.4. The third-order valence-corrected chi connectivity index (χ3v) is 7.17. The molecule has 0 aromatic carbocycles. The lowest BCUT2D eigenvalue weighted by Crippen LogP contribution is -2.57. The number of carbonyl (C=O) groups is 1. The molecule has 3 aliphatic rings. The maximum Gasteiger partial charge on any atom is 0.228 e. The Morgan fingerprint density at radius 1 is 1.42 bits per heavy atom. The van der Waals surface area contributed by atoms with E-state index in [0.29, 0.717) is 31.6 Å². The first kappa shape index (κ1) is 28.0. The molecule has 200 valence electrons. The van der Waals surface area contributed by atoms with Crippen LogP contribution in [0.1, 0.15) is 39.5 Å². The highest BCUT2D eigenvalue weighted by molar-refractivity contribution is 5.85. The van der Waals surface area contributed by atoms with Crippen LogP contribution in [0.3, 0.4) is 0 Å². The number of amides is 1. The highest BCUT2D eigenvalue weighted by atomic mass is 19.1. The third kappa shape index (κ3) is 7.72. The number of carbonyl (C=O) groups excluding carboxylic acids is 1. The smallest absolute Gasteiger partial charge is 0.228 e. The Morgan fingerprint density at radius 3 is 2.83 bits per heavy atom. The summed E-state index contributed by atoms with van der Waals surface area (Å²) in [5.41, 5.74) is 12.0. The first-order chi connectivity index (χ1) is 17.1. The van der Waals surface area contributed by atoms with E-state index >= 15 is 0 Å². The van der Waals surface area contributed by atoms with Crippen molar-refractivity contribution in [1.82, 2.24) is 15.5 Å². The molecule has 0 radical (unpaired) electrons. The number of likely N-dealkylation sites (N-methyl/N-ethyl adjacent to an activating group) is 1. The van der Waals surface area contributed by atoms with Crippen LogP contribution in [0, 0.1) is 11.3 Å². The van der Waals surface area contributed by atoms with E-state index in [9.17, 15) is 9.18 Å². The SMILES string of the molecule is CCC1(C)C/C=C(F)\C=N/C(C(C(=O)NC2C=NCCC2OC2=CNC(CN(C)C)C=C2)C(N)N)C1. The highest BCUT2D eigenvalue weighted by Gasteiger charge is 2.39. The van der Waals surface area contributed by atoms with Crippen molar-refractivity contribution in [2.45, 2.75) is 69.9 Å². The predicted octanol–water partition coefficient (Wildman–Crippen LogP) is 1.62. The van der Waals surface area contributed by atoms with Gasteiger partial charge in [0.25, 0.3) is 0 Å². The van der Waals surface area contributed by atoms with Crippen LogP contribution in [0.15, 0.2) is 46.0 Å². The highest BCUT2D eigenvalue weighted by Crippen LogP contribution is 2.36. The standard InChI is InChI=1S/C26H42FN7O2/c1-5-26(2)10-8-17(27)13-32-20(12-26)23(24(28)29)25(35)33-21-15-30-11-9-22(21)36-19-7-6-18(31-14-19)16-34(3)4/h6-8,13-15,18,20-24,31H,5,9-12,16,28-29H2,1-4H3,(H,33,35)/b17-8+,32-13-. The van der Waals surface area contributed by atoms with Gasteiger partial charge < -0.3 is 31.7 Å². The van der Waals surface area contributed by atoms with Gasteiger partial charge in [-0.15, -0.1) is 0 Å². The number of ether oxygens (including phenoxy) is 1. The number of rotatable bonds is 9. The molecule has 6 unspecified atom stereocenters. The Labute approximate surface area is 214 Å². The van der Waals surface area contributed by atoms with E-state index in [2.05, 4.69) is 45.4 Å². The molecule has 3 aliphatic heterocycles. The summed E-state index contributed by atoms with van der Waals surface area (Å²) in [7, 11) is 4.05. The Balaban J connectivity index is 1.71. The van der Waals surface area contributed by atoms with Crippen molar-refractivity contribution in [3.8, 4) is 0 Å². The molecule has 1 amide bonds. The van der Waals surface area contributed by atoms with Crippen molar-refractivity contribution in [1.29, 1.82) is 0 Å². The Kier molecular flexibility index (Phi) is 9.81. The summed E-state index contributed by atoms with van der Waals surface area (Å²) in [5.74, 6) is -0.870. The maximum atomic E-state index is 14.2. The van der Waals surface area contributed by atoms with Crippen molar-refractivity contribution in [2.75, 3.05) is 27.2 Å². The van der Waals surface area contributed by atoms with Gasteiger partial charge in [0.2, 0.25) is 5.91 Å². The molecule has 0 aliphatic carbocycles. The maximum absolute atomic E-state index is 14.2. The summed E-state index contributed by atoms with van der Waals surface area (Å²) in [6, 6.07) is -0.787. The number of allylic oxidation sites excluding steroid dienone is 3. The van der Waals surface area contributed by atoms with Crippen molar-refractivity contribution in [2.24, 2.45) is 32.8 Å². The van der Waals surface area contributed by atoms with E-state index in [0.717, 1.165) is 13.0 Å². The Morgan fingerprint density at radius 2 is 2.19 bits per heavy atom. The zero-order chi connectivity index (χ0) is 26.3. The summed E-state index contributed by atoms with van der Waals surface area (Å²) in [6.07, 6.45) is 11.6. The fourth-order valence-electron chi connectivity index (χ4n) is 4.77. The van der Waals surface area contributed by atoms with Crippen molar-refractivity contribution < 1.29 is 13.9 Å². The van der Waals surface area contributed by atoms with Crippen molar-refractivity contribution in [3.63, 3.8) is 0 Å². The van der Waals surface area contributed by atoms with Crippen LogP contribution in [-0.4, -0.2) is 80.8 Å². The average molecular weight is 504 g/mol. The largest absolute Gasteiger partial charge is 0.486 e. The van der Waals surface area contributed by atoms with E-state index in [-0.39, 0.29) is 23.5 Å². The fourth-order valence-corrected chi connectivity index (χ4v) is 4.77. The lowest BCUT2D eigenvalue weighted by atomic mass is 9.74. The molecule has 0 aromatic rings. The summed E-state index contributed by atoms with van der Waals surface area (Å²) in [6.45, 7) is 5.61. The van der Waals surface area contributed by atoms with Gasteiger partial charge in [-0.25, -0.2) is 4.39 Å². The van der Waals surface area contributed by atoms with Gasteiger partial charge in [-0.3, -0.25) is 14.8 Å². The number of hydrogen-bond donors (Lipinski definition) is 4. The van der Waals surface area contributed by atoms with E-state index in [1.807, 2.05) is 26.4 Å². The molecule has 0 bridgehead atoms. The fraction of sp³-hybridized carbons (Fsp3) is 0.654. The molecule has 0 spiro atoms. The molecule has 0 fully saturated rings. The molecule has 3 heterocycles. The minimum Gasteiger partial charge on any atom is -0.486 e. The Bertz CT molecular complexity index is 914. The van der Waals surface area contributed by atoms with Gasteiger partial charge in [0.05, 0.1) is 30.4 Å². The van der Waals surface area contributed by atoms with Crippen LogP contribution >= 0.6 is 0 Å². The second-order valence-electron chi connectivity index (χ2n) is 10.6. The lowest BCUT2D eigenvalue weighted by Gasteiger charge is -2.36. The zero-order valence-corrected chi connectivity index (χ0v) is 21.9. The molecular weight excluding hydrogens is 461 g/mol.